The fraction of sp³-hybridized carbons (Fsp3) is 0.250. The van der Waals surface area contributed by atoms with Gasteiger partial charge in [0.2, 0.25) is 6.39 Å². The van der Waals surface area contributed by atoms with E-state index in [2.05, 4.69) is 32.2 Å². The highest BCUT2D eigenvalue weighted by molar-refractivity contribution is 5.92. The molecule has 3 aromatic rings. The minimum Gasteiger partial charge on any atom is -0.343 e. The number of aromatic amines is 1. The summed E-state index contributed by atoms with van der Waals surface area (Å²) in [7, 11) is 0. The van der Waals surface area contributed by atoms with E-state index in [1.165, 1.54) is 18.3 Å². The average Bonchev–Trinajstić information content (AvgIpc) is 3.35. The maximum atomic E-state index is 12.6. The molecule has 0 aliphatic carbocycles. The summed E-state index contributed by atoms with van der Waals surface area (Å²) in [6.45, 7) is 1.16. The fourth-order valence-corrected chi connectivity index (χ4v) is 3.15. The predicted molar refractivity (Wildman–Crippen MR) is 80.7 cm³/mol. The number of likely N-dealkylation sites (tertiary alicyclic amines) is 1. The Bertz CT molecular complexity index is 770. The second-order valence-corrected chi connectivity index (χ2v) is 5.59. The van der Waals surface area contributed by atoms with Crippen LogP contribution in [0.5, 0.6) is 0 Å². The summed E-state index contributed by atoms with van der Waals surface area (Å²) in [5, 5.41) is 3.99. The lowest BCUT2D eigenvalue weighted by Gasteiger charge is -2.15. The van der Waals surface area contributed by atoms with Crippen LogP contribution in [0, 0.1) is 0 Å². The van der Waals surface area contributed by atoms with Gasteiger partial charge in [0.1, 0.15) is 5.69 Å². The van der Waals surface area contributed by atoms with E-state index in [1.54, 1.807) is 6.20 Å². The van der Waals surface area contributed by atoms with E-state index in [1.807, 2.05) is 23.1 Å². The minimum atomic E-state index is -0.0607. The van der Waals surface area contributed by atoms with Crippen LogP contribution in [0.2, 0.25) is 0 Å². The molecule has 2 unspecified atom stereocenters. The van der Waals surface area contributed by atoms with Gasteiger partial charge in [0, 0.05) is 24.9 Å². The zero-order chi connectivity index (χ0) is 15.6. The number of carbonyl (C=O) groups is 1. The monoisotopic (exact) mass is 309 g/mol. The number of imidazole rings is 1. The number of amides is 1. The molecule has 1 fully saturated rings. The van der Waals surface area contributed by atoms with Crippen molar-refractivity contribution in [2.24, 2.45) is 0 Å². The first-order chi connectivity index (χ1) is 11.3. The van der Waals surface area contributed by atoms with E-state index < -0.39 is 0 Å². The number of nitrogens with one attached hydrogen (secondary N) is 1. The van der Waals surface area contributed by atoms with Gasteiger partial charge in [-0.05, 0) is 5.56 Å². The molecule has 1 aliphatic heterocycles. The van der Waals surface area contributed by atoms with Gasteiger partial charge in [-0.2, -0.15) is 4.98 Å². The molecule has 116 valence electrons. The molecule has 2 aromatic heterocycles. The maximum Gasteiger partial charge on any atom is 0.271 e. The number of rotatable bonds is 3. The summed E-state index contributed by atoms with van der Waals surface area (Å²) in [5.41, 5.74) is 1.66. The van der Waals surface area contributed by atoms with Gasteiger partial charge < -0.3 is 14.4 Å². The van der Waals surface area contributed by atoms with Crippen molar-refractivity contribution in [1.82, 2.24) is 25.0 Å². The SMILES string of the molecule is O=C(c1cnc[nH]1)N1CC(c2ccccc2)C(c2ncon2)C1. The van der Waals surface area contributed by atoms with Gasteiger partial charge in [-0.1, -0.05) is 35.5 Å². The molecule has 0 bridgehead atoms. The third-order valence-electron chi connectivity index (χ3n) is 4.27. The number of hydrogen-bond donors (Lipinski definition) is 1. The van der Waals surface area contributed by atoms with Crippen molar-refractivity contribution in [3.63, 3.8) is 0 Å². The number of H-pyrrole nitrogens is 1. The molecular formula is C16H15N5O2. The number of carbonyl (C=O) groups excluding carboxylic acids is 1. The van der Waals surface area contributed by atoms with Crippen LogP contribution in [0.3, 0.4) is 0 Å². The number of aromatic nitrogens is 4. The van der Waals surface area contributed by atoms with E-state index in [0.29, 0.717) is 24.6 Å². The van der Waals surface area contributed by atoms with Crippen LogP contribution < -0.4 is 0 Å². The third kappa shape index (κ3) is 2.50. The predicted octanol–water partition coefficient (Wildman–Crippen LogP) is 1.82. The van der Waals surface area contributed by atoms with Crippen molar-refractivity contribution in [1.29, 1.82) is 0 Å². The fourth-order valence-electron chi connectivity index (χ4n) is 3.15. The summed E-state index contributed by atoms with van der Waals surface area (Å²) in [4.78, 5) is 25.4. The van der Waals surface area contributed by atoms with Gasteiger partial charge in [0.15, 0.2) is 5.82 Å². The Morgan fingerprint density at radius 3 is 2.74 bits per heavy atom. The topological polar surface area (TPSA) is 87.9 Å². The van der Waals surface area contributed by atoms with Crippen LogP contribution in [-0.2, 0) is 0 Å². The lowest BCUT2D eigenvalue weighted by molar-refractivity contribution is 0.0783. The lowest BCUT2D eigenvalue weighted by Crippen LogP contribution is -2.29. The Kier molecular flexibility index (Phi) is 3.38. The molecule has 0 saturated carbocycles. The third-order valence-corrected chi connectivity index (χ3v) is 4.27. The van der Waals surface area contributed by atoms with E-state index in [-0.39, 0.29) is 17.7 Å². The quantitative estimate of drug-likeness (QED) is 0.797. The van der Waals surface area contributed by atoms with Gasteiger partial charge in [0.25, 0.3) is 5.91 Å². The highest BCUT2D eigenvalue weighted by Crippen LogP contribution is 2.38. The van der Waals surface area contributed by atoms with Crippen LogP contribution in [0.4, 0.5) is 0 Å². The number of hydrogen-bond acceptors (Lipinski definition) is 5. The summed E-state index contributed by atoms with van der Waals surface area (Å²) < 4.78 is 4.90. The van der Waals surface area contributed by atoms with Crippen molar-refractivity contribution < 1.29 is 9.32 Å². The van der Waals surface area contributed by atoms with Crippen molar-refractivity contribution in [2.45, 2.75) is 11.8 Å². The van der Waals surface area contributed by atoms with Gasteiger partial charge in [0.05, 0.1) is 12.5 Å². The first kappa shape index (κ1) is 13.7. The molecule has 7 heteroatoms. The zero-order valence-electron chi connectivity index (χ0n) is 12.3. The number of nitrogens with zero attached hydrogens (tertiary/aromatic N) is 4. The first-order valence-electron chi connectivity index (χ1n) is 7.42. The Morgan fingerprint density at radius 1 is 1.22 bits per heavy atom. The summed E-state index contributed by atoms with van der Waals surface area (Å²) >= 11 is 0. The second-order valence-electron chi connectivity index (χ2n) is 5.59. The largest absolute Gasteiger partial charge is 0.343 e. The van der Waals surface area contributed by atoms with Crippen LogP contribution in [0.25, 0.3) is 0 Å². The summed E-state index contributed by atoms with van der Waals surface area (Å²) in [6.07, 6.45) is 4.38. The van der Waals surface area contributed by atoms with Crippen molar-refractivity contribution >= 4 is 5.91 Å². The molecule has 1 aliphatic rings. The van der Waals surface area contributed by atoms with Crippen LogP contribution >= 0.6 is 0 Å². The average molecular weight is 309 g/mol. The van der Waals surface area contributed by atoms with Crippen molar-refractivity contribution in [3.05, 3.63) is 66.3 Å². The highest BCUT2D eigenvalue weighted by atomic mass is 16.5. The van der Waals surface area contributed by atoms with Gasteiger partial charge in [-0.3, -0.25) is 4.79 Å². The molecule has 23 heavy (non-hydrogen) atoms. The lowest BCUT2D eigenvalue weighted by atomic mass is 9.88. The van der Waals surface area contributed by atoms with Gasteiger partial charge in [-0.25, -0.2) is 4.98 Å². The first-order valence-corrected chi connectivity index (χ1v) is 7.42. The molecule has 2 atom stereocenters. The second kappa shape index (κ2) is 5.68. The zero-order valence-corrected chi connectivity index (χ0v) is 12.3. The Hall–Kier alpha value is -2.96. The molecule has 0 radical (unpaired) electrons. The van der Waals surface area contributed by atoms with Crippen LogP contribution in [0.1, 0.15) is 33.7 Å². The molecule has 3 heterocycles. The normalized spacial score (nSPS) is 20.8. The smallest absolute Gasteiger partial charge is 0.271 e. The Balaban J connectivity index is 1.65. The minimum absolute atomic E-state index is 0.0167. The van der Waals surface area contributed by atoms with Gasteiger partial charge in [-0.15, -0.1) is 0 Å². The molecule has 1 aromatic carbocycles. The molecule has 7 nitrogen and oxygen atoms in total. The van der Waals surface area contributed by atoms with E-state index in [4.69, 9.17) is 4.52 Å². The summed E-state index contributed by atoms with van der Waals surface area (Å²) in [5.74, 6) is 0.733. The maximum absolute atomic E-state index is 12.6. The number of benzene rings is 1. The van der Waals surface area contributed by atoms with Crippen LogP contribution in [0.15, 0.2) is 53.8 Å². The molecule has 0 spiro atoms. The molecule has 1 saturated heterocycles. The van der Waals surface area contributed by atoms with E-state index in [9.17, 15) is 4.79 Å². The van der Waals surface area contributed by atoms with E-state index in [0.717, 1.165) is 0 Å². The Labute approximate surface area is 132 Å². The molecule has 1 amide bonds. The van der Waals surface area contributed by atoms with Crippen molar-refractivity contribution in [2.75, 3.05) is 13.1 Å². The van der Waals surface area contributed by atoms with Gasteiger partial charge >= 0.3 is 0 Å². The standard InChI is InChI=1S/C16H15N5O2/c22-16(14-6-17-9-18-14)21-7-12(11-4-2-1-3-5-11)13(8-21)15-19-10-23-20-15/h1-6,9-10,12-13H,7-8H2,(H,17,18). The molecule has 1 N–H and O–H groups in total. The molecule has 4 rings (SSSR count). The van der Waals surface area contributed by atoms with Crippen LogP contribution in [-0.4, -0.2) is 44.0 Å². The highest BCUT2D eigenvalue weighted by Gasteiger charge is 2.39. The van der Waals surface area contributed by atoms with Crippen molar-refractivity contribution in [3.8, 4) is 0 Å². The van der Waals surface area contributed by atoms with E-state index >= 15 is 0 Å². The molecular weight excluding hydrogens is 294 g/mol. The Morgan fingerprint density at radius 2 is 2.04 bits per heavy atom. The summed E-state index contributed by atoms with van der Waals surface area (Å²) in [6, 6.07) is 10.1.